The van der Waals surface area contributed by atoms with Crippen molar-refractivity contribution in [1.29, 1.82) is 0 Å². The van der Waals surface area contributed by atoms with Crippen molar-refractivity contribution in [3.8, 4) is 0 Å². The molecule has 3 aliphatic heterocycles. The van der Waals surface area contributed by atoms with E-state index in [1.807, 2.05) is 0 Å². The molecular weight excluding hydrogens is 396 g/mol. The first-order valence-electron chi connectivity index (χ1n) is 11.7. The van der Waals surface area contributed by atoms with Gasteiger partial charge in [0, 0.05) is 44.9 Å². The Bertz CT molecular complexity index is 718. The molecule has 1 aromatic heterocycles. The van der Waals surface area contributed by atoms with E-state index in [2.05, 4.69) is 40.3 Å². The maximum Gasteiger partial charge on any atom is 0.232 e. The Hall–Kier alpha value is -1.67. The second-order valence-electron chi connectivity index (χ2n) is 9.09. The third-order valence-corrected chi connectivity index (χ3v) is 6.89. The summed E-state index contributed by atoms with van der Waals surface area (Å²) in [6.07, 6.45) is 8.61. The van der Waals surface area contributed by atoms with Gasteiger partial charge >= 0.3 is 0 Å². The summed E-state index contributed by atoms with van der Waals surface area (Å²) in [5.74, 6) is 3.39. The Morgan fingerprint density at radius 3 is 2.60 bits per heavy atom. The van der Waals surface area contributed by atoms with Crippen LogP contribution in [0.5, 0.6) is 0 Å². The Kier molecular flexibility index (Phi) is 7.25. The van der Waals surface area contributed by atoms with Crippen LogP contribution in [0.1, 0.15) is 58.8 Å². The summed E-state index contributed by atoms with van der Waals surface area (Å²) in [5.41, 5.74) is 0. The van der Waals surface area contributed by atoms with Crippen LogP contribution in [0.2, 0.25) is 0 Å². The molecule has 0 amide bonds. The Morgan fingerprint density at radius 2 is 1.87 bits per heavy atom. The van der Waals surface area contributed by atoms with Crippen molar-refractivity contribution in [2.45, 2.75) is 70.9 Å². The third kappa shape index (κ3) is 5.52. The van der Waals surface area contributed by atoms with Gasteiger partial charge in [0.05, 0.1) is 6.10 Å². The summed E-state index contributed by atoms with van der Waals surface area (Å²) in [4.78, 5) is 14.5. The van der Waals surface area contributed by atoms with Gasteiger partial charge in [-0.1, -0.05) is 6.92 Å². The minimum Gasteiger partial charge on any atom is -0.376 e. The van der Waals surface area contributed by atoms with E-state index in [1.54, 1.807) is 0 Å². The number of hydrogen-bond donors (Lipinski definition) is 2. The Labute approximate surface area is 186 Å². The lowest BCUT2D eigenvalue weighted by Gasteiger charge is -2.36. The molecule has 8 heteroatoms. The van der Waals surface area contributed by atoms with Crippen molar-refractivity contribution in [2.24, 2.45) is 5.92 Å². The number of thiocarbonyl (C=S) groups is 1. The molecule has 4 heterocycles. The number of anilines is 3. The normalized spacial score (nSPS) is 25.4. The lowest BCUT2D eigenvalue weighted by atomic mass is 9.99. The number of nitrogens with zero attached hydrogens (tertiary/aromatic N) is 4. The molecule has 0 aromatic carbocycles. The predicted octanol–water partition coefficient (Wildman–Crippen LogP) is 3.56. The number of rotatable bonds is 5. The highest BCUT2D eigenvalue weighted by atomic mass is 32.1. The van der Waals surface area contributed by atoms with Crippen LogP contribution in [-0.2, 0) is 4.74 Å². The zero-order valence-corrected chi connectivity index (χ0v) is 19.2. The highest BCUT2D eigenvalue weighted by molar-refractivity contribution is 7.80. The van der Waals surface area contributed by atoms with Gasteiger partial charge in [0.15, 0.2) is 5.11 Å². The molecule has 2 atom stereocenters. The van der Waals surface area contributed by atoms with E-state index in [0.717, 1.165) is 63.2 Å². The van der Waals surface area contributed by atoms with Gasteiger partial charge in [0.1, 0.15) is 11.6 Å². The van der Waals surface area contributed by atoms with Crippen LogP contribution in [0.4, 0.5) is 17.6 Å². The van der Waals surface area contributed by atoms with Gasteiger partial charge in [-0.25, -0.2) is 0 Å². The SMILES string of the molecule is CC1CCN(c2cc(N3CCCC[C@@H]3C)nc(NC(=S)NC[C@H]3CCCO3)n2)CC1. The second kappa shape index (κ2) is 10.1. The summed E-state index contributed by atoms with van der Waals surface area (Å²) in [6.45, 7) is 9.36. The molecule has 0 unspecified atom stereocenters. The molecule has 2 N–H and O–H groups in total. The zero-order valence-electron chi connectivity index (χ0n) is 18.4. The number of piperidine rings is 2. The number of nitrogens with one attached hydrogen (secondary N) is 2. The maximum atomic E-state index is 5.68. The molecule has 1 aromatic rings. The summed E-state index contributed by atoms with van der Waals surface area (Å²) >= 11 is 5.52. The van der Waals surface area contributed by atoms with Gasteiger partial charge in [-0.3, -0.25) is 0 Å². The van der Waals surface area contributed by atoms with Crippen LogP contribution in [-0.4, -0.2) is 60.0 Å². The van der Waals surface area contributed by atoms with E-state index < -0.39 is 0 Å². The minimum atomic E-state index is 0.247. The lowest BCUT2D eigenvalue weighted by molar-refractivity contribution is 0.114. The average molecular weight is 433 g/mol. The van der Waals surface area contributed by atoms with Gasteiger partial charge in [-0.05, 0) is 70.0 Å². The molecule has 0 spiro atoms. The van der Waals surface area contributed by atoms with Crippen molar-refractivity contribution >= 4 is 34.9 Å². The van der Waals surface area contributed by atoms with E-state index in [1.165, 1.54) is 32.1 Å². The predicted molar refractivity (Wildman–Crippen MR) is 126 cm³/mol. The van der Waals surface area contributed by atoms with Crippen molar-refractivity contribution in [3.05, 3.63) is 6.07 Å². The largest absolute Gasteiger partial charge is 0.376 e. The van der Waals surface area contributed by atoms with Gasteiger partial charge in [0.2, 0.25) is 5.95 Å². The second-order valence-corrected chi connectivity index (χ2v) is 9.49. The van der Waals surface area contributed by atoms with E-state index in [-0.39, 0.29) is 6.10 Å². The summed E-state index contributed by atoms with van der Waals surface area (Å²) in [5, 5.41) is 7.07. The molecule has 0 aliphatic carbocycles. The highest BCUT2D eigenvalue weighted by Crippen LogP contribution is 2.29. The molecule has 0 bridgehead atoms. The van der Waals surface area contributed by atoms with E-state index in [0.29, 0.717) is 17.1 Å². The van der Waals surface area contributed by atoms with Crippen molar-refractivity contribution < 1.29 is 4.74 Å². The molecule has 0 saturated carbocycles. The van der Waals surface area contributed by atoms with Crippen molar-refractivity contribution in [3.63, 3.8) is 0 Å². The summed E-state index contributed by atoms with van der Waals surface area (Å²) in [6, 6.07) is 2.67. The monoisotopic (exact) mass is 432 g/mol. The number of ether oxygens (including phenoxy) is 1. The minimum absolute atomic E-state index is 0.247. The molecule has 3 aliphatic rings. The molecule has 3 fully saturated rings. The smallest absolute Gasteiger partial charge is 0.232 e. The zero-order chi connectivity index (χ0) is 20.9. The average Bonchev–Trinajstić information content (AvgIpc) is 3.27. The molecule has 166 valence electrons. The maximum absolute atomic E-state index is 5.68. The standard InChI is InChI=1S/C22H36N6OS/c1-16-8-11-27(12-9-16)19-14-20(28-10-4-3-6-17(28)2)25-21(24-19)26-22(30)23-15-18-7-5-13-29-18/h14,16-18H,3-13,15H2,1-2H3,(H2,23,24,25,26,30)/t17-,18+/m0/s1. The van der Waals surface area contributed by atoms with Gasteiger partial charge in [-0.2, -0.15) is 9.97 Å². The van der Waals surface area contributed by atoms with Crippen molar-refractivity contribution in [2.75, 3.05) is 47.9 Å². The van der Waals surface area contributed by atoms with Crippen LogP contribution in [0, 0.1) is 5.92 Å². The first-order valence-corrected chi connectivity index (χ1v) is 12.1. The highest BCUT2D eigenvalue weighted by Gasteiger charge is 2.24. The van der Waals surface area contributed by atoms with Gasteiger partial charge in [-0.15, -0.1) is 0 Å². The third-order valence-electron chi connectivity index (χ3n) is 6.64. The van der Waals surface area contributed by atoms with Crippen LogP contribution < -0.4 is 20.4 Å². The van der Waals surface area contributed by atoms with Gasteiger partial charge < -0.3 is 25.2 Å². The summed E-state index contributed by atoms with van der Waals surface area (Å²) in [7, 11) is 0. The Morgan fingerprint density at radius 1 is 1.07 bits per heavy atom. The fraction of sp³-hybridized carbons (Fsp3) is 0.773. The summed E-state index contributed by atoms with van der Waals surface area (Å²) < 4.78 is 5.68. The fourth-order valence-electron chi connectivity index (χ4n) is 4.62. The number of aromatic nitrogens is 2. The van der Waals surface area contributed by atoms with Crippen LogP contribution in [0.25, 0.3) is 0 Å². The fourth-order valence-corrected chi connectivity index (χ4v) is 4.80. The van der Waals surface area contributed by atoms with E-state index in [4.69, 9.17) is 26.9 Å². The Balaban J connectivity index is 1.49. The van der Waals surface area contributed by atoms with Gasteiger partial charge in [0.25, 0.3) is 0 Å². The molecule has 3 saturated heterocycles. The molecule has 30 heavy (non-hydrogen) atoms. The number of hydrogen-bond acceptors (Lipinski definition) is 6. The van der Waals surface area contributed by atoms with E-state index >= 15 is 0 Å². The topological polar surface area (TPSA) is 65.5 Å². The first-order chi connectivity index (χ1) is 14.6. The molecule has 4 rings (SSSR count). The van der Waals surface area contributed by atoms with E-state index in [9.17, 15) is 0 Å². The quantitative estimate of drug-likeness (QED) is 0.685. The van der Waals surface area contributed by atoms with Crippen LogP contribution in [0.3, 0.4) is 0 Å². The van der Waals surface area contributed by atoms with Crippen LogP contribution >= 0.6 is 12.2 Å². The first kappa shape index (κ1) is 21.6. The van der Waals surface area contributed by atoms with Crippen molar-refractivity contribution in [1.82, 2.24) is 15.3 Å². The van der Waals surface area contributed by atoms with Crippen LogP contribution in [0.15, 0.2) is 6.07 Å². The lowest BCUT2D eigenvalue weighted by Crippen LogP contribution is -2.39. The molecule has 0 radical (unpaired) electrons. The molecule has 7 nitrogen and oxygen atoms in total. The molecular formula is C22H36N6OS.